The Kier molecular flexibility index (Phi) is 6.14. The first-order chi connectivity index (χ1) is 16.5. The van der Waals surface area contributed by atoms with Crippen LogP contribution in [0.25, 0.3) is 5.65 Å². The number of nitrogens with zero attached hydrogens (tertiary/aromatic N) is 3. The molecule has 0 spiro atoms. The summed E-state index contributed by atoms with van der Waals surface area (Å²) < 4.78 is 2.00. The van der Waals surface area contributed by atoms with Gasteiger partial charge in [0.15, 0.2) is 0 Å². The van der Waals surface area contributed by atoms with E-state index in [9.17, 15) is 14.4 Å². The lowest BCUT2D eigenvalue weighted by atomic mass is 10.1. The molecule has 1 aliphatic rings. The summed E-state index contributed by atoms with van der Waals surface area (Å²) in [5, 5.41) is 2.88. The minimum atomic E-state index is -0.199. The highest BCUT2D eigenvalue weighted by molar-refractivity contribution is 7.98. The predicted molar refractivity (Wildman–Crippen MR) is 130 cm³/mol. The third-order valence-corrected chi connectivity index (χ3v) is 6.67. The van der Waals surface area contributed by atoms with Gasteiger partial charge in [0.1, 0.15) is 5.65 Å². The van der Waals surface area contributed by atoms with E-state index < -0.39 is 0 Å². The van der Waals surface area contributed by atoms with E-state index in [4.69, 9.17) is 0 Å². The number of amides is 3. The number of likely N-dealkylation sites (tertiary alicyclic amines) is 1. The summed E-state index contributed by atoms with van der Waals surface area (Å²) in [7, 11) is 0. The Bertz CT molecular complexity index is 1310. The molecule has 4 aromatic rings. The minimum absolute atomic E-state index is 0.137. The van der Waals surface area contributed by atoms with Crippen LogP contribution in [0.2, 0.25) is 0 Å². The van der Waals surface area contributed by atoms with Crippen LogP contribution < -0.4 is 5.32 Å². The molecule has 8 heteroatoms. The maximum Gasteiger partial charge on any atom is 0.255 e. The van der Waals surface area contributed by atoms with E-state index in [1.165, 1.54) is 4.90 Å². The Balaban J connectivity index is 1.15. The number of aromatic nitrogens is 2. The van der Waals surface area contributed by atoms with Crippen molar-refractivity contribution in [2.75, 3.05) is 5.32 Å². The molecule has 170 valence electrons. The predicted octanol–water partition coefficient (Wildman–Crippen LogP) is 4.53. The smallest absolute Gasteiger partial charge is 0.255 e. The number of rotatable bonds is 7. The summed E-state index contributed by atoms with van der Waals surface area (Å²) in [5.74, 6) is 0.271. The van der Waals surface area contributed by atoms with E-state index in [-0.39, 0.29) is 37.1 Å². The summed E-state index contributed by atoms with van der Waals surface area (Å²) >= 11 is 1.67. The van der Waals surface area contributed by atoms with Gasteiger partial charge in [0.25, 0.3) is 5.91 Å². The lowest BCUT2D eigenvalue weighted by molar-refractivity contribution is -0.139. The number of fused-ring (bicyclic) bond motifs is 1. The molecule has 3 amide bonds. The second-order valence-electron chi connectivity index (χ2n) is 8.04. The van der Waals surface area contributed by atoms with Crippen LogP contribution >= 0.6 is 11.8 Å². The van der Waals surface area contributed by atoms with Crippen LogP contribution in [0.5, 0.6) is 0 Å². The number of anilines is 1. The Labute approximate surface area is 200 Å². The first kappa shape index (κ1) is 21.9. The molecule has 0 atom stereocenters. The summed E-state index contributed by atoms with van der Waals surface area (Å²) in [4.78, 5) is 43.1. The molecule has 0 radical (unpaired) electrons. The molecule has 0 aliphatic carbocycles. The fourth-order valence-corrected chi connectivity index (χ4v) is 4.58. The van der Waals surface area contributed by atoms with Crippen LogP contribution in [0.15, 0.2) is 84.0 Å². The van der Waals surface area contributed by atoms with Gasteiger partial charge in [0.05, 0.1) is 12.2 Å². The van der Waals surface area contributed by atoms with E-state index in [2.05, 4.69) is 10.3 Å². The molecule has 0 saturated carbocycles. The first-order valence-electron chi connectivity index (χ1n) is 10.9. The van der Waals surface area contributed by atoms with Gasteiger partial charge in [0, 0.05) is 47.1 Å². The van der Waals surface area contributed by atoms with Crippen molar-refractivity contribution in [3.8, 4) is 0 Å². The van der Waals surface area contributed by atoms with Crippen molar-refractivity contribution in [1.82, 2.24) is 14.3 Å². The SMILES string of the molecule is O=C(Nc1ccc(CN2C(=O)CCC2=O)cc1)c1ccc(SCc2cn3ccccc3n2)cc1. The standard InChI is InChI=1S/C26H22N4O3S/c31-24-12-13-25(32)30(24)15-18-4-8-20(9-5-18)28-26(33)19-6-10-22(11-7-19)34-17-21-16-29-14-2-1-3-23(29)27-21/h1-11,14,16H,12-13,15,17H2,(H,28,33). The Morgan fingerprint density at radius 2 is 1.68 bits per heavy atom. The lowest BCUT2D eigenvalue weighted by Crippen LogP contribution is -2.28. The number of benzene rings is 2. The number of pyridine rings is 1. The highest BCUT2D eigenvalue weighted by Gasteiger charge is 2.28. The molecule has 2 aromatic heterocycles. The normalized spacial score (nSPS) is 13.6. The summed E-state index contributed by atoms with van der Waals surface area (Å²) in [5.41, 5.74) is 3.98. The largest absolute Gasteiger partial charge is 0.322 e. The molecule has 0 bridgehead atoms. The van der Waals surface area contributed by atoms with Crippen LogP contribution in [0.4, 0.5) is 5.69 Å². The van der Waals surface area contributed by atoms with Gasteiger partial charge in [-0.1, -0.05) is 18.2 Å². The fourth-order valence-electron chi connectivity index (χ4n) is 3.80. The van der Waals surface area contributed by atoms with Gasteiger partial charge in [0.2, 0.25) is 11.8 Å². The zero-order valence-corrected chi connectivity index (χ0v) is 19.1. The second-order valence-corrected chi connectivity index (χ2v) is 9.08. The van der Waals surface area contributed by atoms with Gasteiger partial charge in [-0.3, -0.25) is 19.3 Å². The van der Waals surface area contributed by atoms with Crippen molar-refractivity contribution in [3.05, 3.63) is 95.9 Å². The molecule has 1 aliphatic heterocycles. The zero-order chi connectivity index (χ0) is 23.5. The molecular formula is C26H22N4O3S. The number of hydrogen-bond acceptors (Lipinski definition) is 5. The maximum atomic E-state index is 12.6. The molecule has 3 heterocycles. The van der Waals surface area contributed by atoms with Crippen molar-refractivity contribution >= 4 is 40.8 Å². The number of imide groups is 1. The topological polar surface area (TPSA) is 83.8 Å². The number of carbonyl (C=O) groups is 3. The molecule has 0 unspecified atom stereocenters. The van der Waals surface area contributed by atoms with Crippen LogP contribution in [-0.4, -0.2) is 32.0 Å². The number of hydrogen-bond donors (Lipinski definition) is 1. The van der Waals surface area contributed by atoms with Crippen molar-refractivity contribution in [3.63, 3.8) is 0 Å². The molecule has 7 nitrogen and oxygen atoms in total. The van der Waals surface area contributed by atoms with Gasteiger partial charge in [-0.05, 0) is 54.1 Å². The first-order valence-corrected chi connectivity index (χ1v) is 11.9. The molecule has 34 heavy (non-hydrogen) atoms. The lowest BCUT2D eigenvalue weighted by Gasteiger charge is -2.14. The van der Waals surface area contributed by atoms with E-state index in [1.807, 2.05) is 59.3 Å². The third-order valence-electron chi connectivity index (χ3n) is 5.62. The second kappa shape index (κ2) is 9.52. The molecule has 1 fully saturated rings. The highest BCUT2D eigenvalue weighted by Crippen LogP contribution is 2.24. The van der Waals surface area contributed by atoms with Crippen molar-refractivity contribution < 1.29 is 14.4 Å². The Morgan fingerprint density at radius 3 is 2.38 bits per heavy atom. The Morgan fingerprint density at radius 1 is 0.941 bits per heavy atom. The van der Waals surface area contributed by atoms with E-state index >= 15 is 0 Å². The van der Waals surface area contributed by atoms with Crippen LogP contribution in [0.3, 0.4) is 0 Å². The third kappa shape index (κ3) is 4.87. The van der Waals surface area contributed by atoms with Gasteiger partial charge in [-0.15, -0.1) is 11.8 Å². The van der Waals surface area contributed by atoms with Crippen molar-refractivity contribution in [2.45, 2.75) is 30.0 Å². The average Bonchev–Trinajstić information content (AvgIpc) is 3.42. The van der Waals surface area contributed by atoms with Crippen molar-refractivity contribution in [2.24, 2.45) is 0 Å². The van der Waals surface area contributed by atoms with Gasteiger partial charge in [-0.25, -0.2) is 4.98 Å². The van der Waals surface area contributed by atoms with Gasteiger partial charge in [-0.2, -0.15) is 0 Å². The average molecular weight is 471 g/mol. The van der Waals surface area contributed by atoms with Crippen LogP contribution in [0.1, 0.15) is 34.5 Å². The summed E-state index contributed by atoms with van der Waals surface area (Å²) in [6.45, 7) is 0.264. The van der Waals surface area contributed by atoms with Gasteiger partial charge < -0.3 is 9.72 Å². The summed E-state index contributed by atoms with van der Waals surface area (Å²) in [6.07, 6.45) is 4.57. The van der Waals surface area contributed by atoms with E-state index in [0.717, 1.165) is 27.6 Å². The minimum Gasteiger partial charge on any atom is -0.322 e. The number of thioether (sulfide) groups is 1. The van der Waals surface area contributed by atoms with Gasteiger partial charge >= 0.3 is 0 Å². The highest BCUT2D eigenvalue weighted by atomic mass is 32.2. The van der Waals surface area contributed by atoms with E-state index in [1.54, 1.807) is 36.0 Å². The monoisotopic (exact) mass is 470 g/mol. The molecule has 5 rings (SSSR count). The molecular weight excluding hydrogens is 448 g/mol. The van der Waals surface area contributed by atoms with Crippen molar-refractivity contribution in [1.29, 1.82) is 0 Å². The maximum absolute atomic E-state index is 12.6. The molecule has 1 N–H and O–H groups in total. The number of imidazole rings is 1. The van der Waals surface area contributed by atoms with E-state index in [0.29, 0.717) is 11.3 Å². The Hall–Kier alpha value is -3.91. The summed E-state index contributed by atoms with van der Waals surface area (Å²) in [6, 6.07) is 20.6. The van der Waals surface area contributed by atoms with Crippen LogP contribution in [0, 0.1) is 0 Å². The number of nitrogens with one attached hydrogen (secondary N) is 1. The van der Waals surface area contributed by atoms with Crippen LogP contribution in [-0.2, 0) is 21.9 Å². The zero-order valence-electron chi connectivity index (χ0n) is 18.3. The quantitative estimate of drug-likeness (QED) is 0.317. The molecule has 1 saturated heterocycles. The fraction of sp³-hybridized carbons (Fsp3) is 0.154. The molecule has 2 aromatic carbocycles. The number of carbonyl (C=O) groups excluding carboxylic acids is 3.